The fraction of sp³-hybridized carbons (Fsp3) is 0.381. The van der Waals surface area contributed by atoms with Gasteiger partial charge in [-0.3, -0.25) is 9.10 Å². The van der Waals surface area contributed by atoms with E-state index in [1.165, 1.54) is 18.3 Å². The number of nitrogens with one attached hydrogen (secondary N) is 1. The lowest BCUT2D eigenvalue weighted by atomic mass is 10.1. The third kappa shape index (κ3) is 4.48. The van der Waals surface area contributed by atoms with Gasteiger partial charge in [-0.1, -0.05) is 18.2 Å². The van der Waals surface area contributed by atoms with E-state index in [9.17, 15) is 13.2 Å². The van der Waals surface area contributed by atoms with Gasteiger partial charge in [0.25, 0.3) is 10.0 Å². The lowest BCUT2D eigenvalue weighted by Gasteiger charge is -2.40. The Morgan fingerprint density at radius 2 is 1.97 bits per heavy atom. The average molecular weight is 419 g/mol. The number of para-hydroxylation sites is 2. The third-order valence-electron chi connectivity index (χ3n) is 4.63. The molecule has 0 bridgehead atoms. The Hall–Kier alpha value is -2.74. The largest absolute Gasteiger partial charge is 0.495 e. The summed E-state index contributed by atoms with van der Waals surface area (Å²) in [6, 6.07) is 12.2. The standard InChI is InChI=1S/C21H26N2O5S/c1-15(24)22-12-11-16-9-10-19(27-4)20(13-16)29(25,26)23-14-21(2,3)28-18-8-6-5-7-17(18)23/h5-10,13H,11-12,14H2,1-4H3,(H,22,24). The van der Waals surface area contributed by atoms with Gasteiger partial charge in [0.15, 0.2) is 0 Å². The van der Waals surface area contributed by atoms with Crippen LogP contribution in [0.5, 0.6) is 11.5 Å². The molecule has 0 saturated heterocycles. The molecule has 7 nitrogen and oxygen atoms in total. The van der Waals surface area contributed by atoms with Gasteiger partial charge in [0.1, 0.15) is 22.0 Å². The molecule has 0 aliphatic carbocycles. The highest BCUT2D eigenvalue weighted by molar-refractivity contribution is 7.93. The molecule has 29 heavy (non-hydrogen) atoms. The number of benzene rings is 2. The number of nitrogens with zero attached hydrogens (tertiary/aromatic N) is 1. The Kier molecular flexibility index (Phi) is 5.75. The SMILES string of the molecule is COc1ccc(CCNC(C)=O)cc1S(=O)(=O)N1CC(C)(C)Oc2ccccc21. The fourth-order valence-electron chi connectivity index (χ4n) is 3.30. The highest BCUT2D eigenvalue weighted by atomic mass is 32.2. The molecule has 2 aromatic rings. The molecule has 1 aliphatic heterocycles. The van der Waals surface area contributed by atoms with Crippen LogP contribution in [0.2, 0.25) is 0 Å². The summed E-state index contributed by atoms with van der Waals surface area (Å²) in [4.78, 5) is 11.2. The van der Waals surface area contributed by atoms with Crippen molar-refractivity contribution in [2.75, 3.05) is 24.5 Å². The minimum atomic E-state index is -3.91. The summed E-state index contributed by atoms with van der Waals surface area (Å²) in [5.41, 5.74) is 0.606. The molecule has 1 aliphatic rings. The first-order chi connectivity index (χ1) is 13.6. The number of anilines is 1. The molecule has 0 fully saturated rings. The Labute approximate surface area is 171 Å². The van der Waals surface area contributed by atoms with E-state index in [0.29, 0.717) is 24.4 Å². The molecule has 1 amide bonds. The smallest absolute Gasteiger partial charge is 0.268 e. The minimum Gasteiger partial charge on any atom is -0.495 e. The quantitative estimate of drug-likeness (QED) is 0.780. The zero-order valence-corrected chi connectivity index (χ0v) is 17.9. The molecular weight excluding hydrogens is 392 g/mol. The Morgan fingerprint density at radius 1 is 1.24 bits per heavy atom. The fourth-order valence-corrected chi connectivity index (χ4v) is 5.14. The predicted molar refractivity (Wildman–Crippen MR) is 111 cm³/mol. The molecular formula is C21H26N2O5S. The maximum absolute atomic E-state index is 13.7. The van der Waals surface area contributed by atoms with Crippen molar-refractivity contribution >= 4 is 21.6 Å². The van der Waals surface area contributed by atoms with Crippen LogP contribution in [0.4, 0.5) is 5.69 Å². The van der Waals surface area contributed by atoms with Crippen LogP contribution in [0.25, 0.3) is 0 Å². The van der Waals surface area contributed by atoms with Crippen molar-refractivity contribution < 1.29 is 22.7 Å². The zero-order chi connectivity index (χ0) is 21.2. The van der Waals surface area contributed by atoms with Gasteiger partial charge in [0, 0.05) is 13.5 Å². The van der Waals surface area contributed by atoms with E-state index in [4.69, 9.17) is 9.47 Å². The summed E-state index contributed by atoms with van der Waals surface area (Å²) in [5, 5.41) is 2.72. The normalized spacial score (nSPS) is 15.2. The third-order valence-corrected chi connectivity index (χ3v) is 6.41. The van der Waals surface area contributed by atoms with Crippen LogP contribution in [0.15, 0.2) is 47.4 Å². The van der Waals surface area contributed by atoms with Crippen molar-refractivity contribution in [3.63, 3.8) is 0 Å². The highest BCUT2D eigenvalue weighted by Gasteiger charge is 2.39. The van der Waals surface area contributed by atoms with E-state index in [0.717, 1.165) is 5.56 Å². The van der Waals surface area contributed by atoms with Crippen molar-refractivity contribution in [2.24, 2.45) is 0 Å². The molecule has 0 spiro atoms. The summed E-state index contributed by atoms with van der Waals surface area (Å²) < 4.78 is 40.0. The number of hydrogen-bond acceptors (Lipinski definition) is 5. The Morgan fingerprint density at radius 3 is 2.66 bits per heavy atom. The summed E-state index contributed by atoms with van der Waals surface area (Å²) >= 11 is 0. The van der Waals surface area contributed by atoms with Crippen LogP contribution >= 0.6 is 0 Å². The zero-order valence-electron chi connectivity index (χ0n) is 17.1. The molecule has 1 N–H and O–H groups in total. The van der Waals surface area contributed by atoms with Crippen molar-refractivity contribution in [1.82, 2.24) is 5.32 Å². The molecule has 0 unspecified atom stereocenters. The number of hydrogen-bond donors (Lipinski definition) is 1. The van der Waals surface area contributed by atoms with Gasteiger partial charge >= 0.3 is 0 Å². The van der Waals surface area contributed by atoms with E-state index in [1.54, 1.807) is 36.4 Å². The number of ether oxygens (including phenoxy) is 2. The number of amides is 1. The number of fused-ring (bicyclic) bond motifs is 1. The first kappa shape index (κ1) is 21.0. The van der Waals surface area contributed by atoms with Gasteiger partial charge in [0.05, 0.1) is 19.3 Å². The van der Waals surface area contributed by atoms with E-state index in [1.807, 2.05) is 19.9 Å². The predicted octanol–water partition coefficient (Wildman–Crippen LogP) is 2.74. The maximum atomic E-state index is 13.7. The van der Waals surface area contributed by atoms with E-state index in [-0.39, 0.29) is 23.1 Å². The molecule has 3 rings (SSSR count). The van der Waals surface area contributed by atoms with Gasteiger partial charge in [0.2, 0.25) is 5.91 Å². The summed E-state index contributed by atoms with van der Waals surface area (Å²) in [5.74, 6) is 0.668. The molecule has 2 aromatic carbocycles. The van der Waals surface area contributed by atoms with Crippen LogP contribution in [0, 0.1) is 0 Å². The van der Waals surface area contributed by atoms with Gasteiger partial charge in [-0.25, -0.2) is 8.42 Å². The van der Waals surface area contributed by atoms with Gasteiger partial charge < -0.3 is 14.8 Å². The van der Waals surface area contributed by atoms with Crippen LogP contribution in [-0.4, -0.2) is 40.1 Å². The van der Waals surface area contributed by atoms with Gasteiger partial charge in [-0.05, 0) is 50.1 Å². The summed E-state index contributed by atoms with van der Waals surface area (Å²) in [6.45, 7) is 5.75. The van der Waals surface area contributed by atoms with Crippen LogP contribution in [-0.2, 0) is 21.2 Å². The first-order valence-electron chi connectivity index (χ1n) is 9.36. The molecule has 0 aromatic heterocycles. The monoisotopic (exact) mass is 418 g/mol. The average Bonchev–Trinajstić information content (AvgIpc) is 2.66. The second kappa shape index (κ2) is 7.94. The molecule has 8 heteroatoms. The Bertz CT molecular complexity index is 1020. The molecule has 1 heterocycles. The molecule has 0 saturated carbocycles. The van der Waals surface area contributed by atoms with Crippen molar-refractivity contribution in [3.05, 3.63) is 48.0 Å². The lowest BCUT2D eigenvalue weighted by Crippen LogP contribution is -2.49. The topological polar surface area (TPSA) is 84.9 Å². The first-order valence-corrected chi connectivity index (χ1v) is 10.8. The second-order valence-corrected chi connectivity index (χ2v) is 9.39. The van der Waals surface area contributed by atoms with E-state index < -0.39 is 15.6 Å². The number of methoxy groups -OCH3 is 1. The second-order valence-electron chi connectivity index (χ2n) is 7.56. The van der Waals surface area contributed by atoms with Crippen molar-refractivity contribution in [2.45, 2.75) is 37.7 Å². The van der Waals surface area contributed by atoms with Crippen LogP contribution in [0.3, 0.4) is 0 Å². The van der Waals surface area contributed by atoms with Crippen molar-refractivity contribution in [3.8, 4) is 11.5 Å². The van der Waals surface area contributed by atoms with Gasteiger partial charge in [-0.2, -0.15) is 0 Å². The van der Waals surface area contributed by atoms with E-state index >= 15 is 0 Å². The number of rotatable bonds is 6. The molecule has 156 valence electrons. The lowest BCUT2D eigenvalue weighted by molar-refractivity contribution is -0.118. The maximum Gasteiger partial charge on any atom is 0.268 e. The molecule has 0 radical (unpaired) electrons. The highest BCUT2D eigenvalue weighted by Crippen LogP contribution is 2.41. The van der Waals surface area contributed by atoms with Crippen LogP contribution < -0.4 is 19.1 Å². The van der Waals surface area contributed by atoms with Crippen LogP contribution in [0.1, 0.15) is 26.3 Å². The number of sulfonamides is 1. The van der Waals surface area contributed by atoms with Gasteiger partial charge in [-0.15, -0.1) is 0 Å². The Balaban J connectivity index is 2.03. The summed E-state index contributed by atoms with van der Waals surface area (Å²) in [7, 11) is -2.47. The van der Waals surface area contributed by atoms with Crippen molar-refractivity contribution in [1.29, 1.82) is 0 Å². The summed E-state index contributed by atoms with van der Waals surface area (Å²) in [6.07, 6.45) is 0.511. The molecule has 0 atom stereocenters. The minimum absolute atomic E-state index is 0.0906. The van der Waals surface area contributed by atoms with E-state index in [2.05, 4.69) is 5.32 Å². The number of carbonyl (C=O) groups excluding carboxylic acids is 1. The number of carbonyl (C=O) groups is 1.